The van der Waals surface area contributed by atoms with E-state index in [-0.39, 0.29) is 0 Å². The molecule has 21 heavy (non-hydrogen) atoms. The van der Waals surface area contributed by atoms with Gasteiger partial charge in [-0.25, -0.2) is 0 Å². The zero-order chi connectivity index (χ0) is 15.4. The fourth-order valence-electron chi connectivity index (χ4n) is 2.80. The van der Waals surface area contributed by atoms with Crippen LogP contribution < -0.4 is 5.32 Å². The van der Waals surface area contributed by atoms with Crippen LogP contribution in [0.15, 0.2) is 36.4 Å². The predicted octanol–water partition coefficient (Wildman–Crippen LogP) is 5.16. The smallest absolute Gasteiger partial charge is 0.0441 e. The molecule has 0 aromatic heterocycles. The molecule has 2 heteroatoms. The summed E-state index contributed by atoms with van der Waals surface area (Å²) >= 11 is 6.40. The molecule has 0 saturated carbocycles. The first-order valence-electron chi connectivity index (χ1n) is 7.56. The Balaban J connectivity index is 2.30. The highest BCUT2D eigenvalue weighted by atomic mass is 35.5. The lowest BCUT2D eigenvalue weighted by molar-refractivity contribution is 0.549. The van der Waals surface area contributed by atoms with E-state index in [9.17, 15) is 0 Å². The topological polar surface area (TPSA) is 12.0 Å². The second-order valence-corrected chi connectivity index (χ2v) is 6.24. The summed E-state index contributed by atoms with van der Waals surface area (Å²) in [5.41, 5.74) is 6.36. The molecule has 0 aliphatic carbocycles. The van der Waals surface area contributed by atoms with Gasteiger partial charge in [0.2, 0.25) is 0 Å². The molecule has 0 amide bonds. The highest BCUT2D eigenvalue weighted by molar-refractivity contribution is 6.31. The summed E-state index contributed by atoms with van der Waals surface area (Å²) in [6, 6.07) is 13.4. The van der Waals surface area contributed by atoms with Crippen LogP contribution in [0.5, 0.6) is 0 Å². The molecule has 0 radical (unpaired) electrons. The molecule has 2 aromatic carbocycles. The van der Waals surface area contributed by atoms with E-state index in [1.54, 1.807) is 0 Å². The summed E-state index contributed by atoms with van der Waals surface area (Å²) in [6.07, 6.45) is 0.913. The molecule has 0 aliphatic rings. The Labute approximate surface area is 133 Å². The van der Waals surface area contributed by atoms with Gasteiger partial charge in [-0.2, -0.15) is 0 Å². The number of halogens is 1. The maximum atomic E-state index is 6.40. The molecule has 0 spiro atoms. The molecular weight excluding hydrogens is 278 g/mol. The van der Waals surface area contributed by atoms with Gasteiger partial charge in [0.1, 0.15) is 0 Å². The van der Waals surface area contributed by atoms with Crippen LogP contribution in [0.4, 0.5) is 0 Å². The van der Waals surface area contributed by atoms with E-state index in [1.165, 1.54) is 27.8 Å². The Hall–Kier alpha value is -1.31. The molecule has 2 aromatic rings. The number of nitrogens with one attached hydrogen (secondary N) is 1. The van der Waals surface area contributed by atoms with Crippen LogP contribution in [0.25, 0.3) is 0 Å². The van der Waals surface area contributed by atoms with E-state index in [0.29, 0.717) is 6.04 Å². The van der Waals surface area contributed by atoms with Crippen LogP contribution in [-0.4, -0.2) is 6.54 Å². The average Bonchev–Trinajstić information content (AvgIpc) is 2.40. The highest BCUT2D eigenvalue weighted by Crippen LogP contribution is 2.25. The Morgan fingerprint density at radius 1 is 0.952 bits per heavy atom. The number of likely N-dealkylation sites (N-methyl/N-ethyl adjacent to an activating group) is 1. The molecule has 1 unspecified atom stereocenters. The van der Waals surface area contributed by atoms with Crippen LogP contribution in [0.3, 0.4) is 0 Å². The SMILES string of the molecule is CCNC(Cc1ccc(C)cc1Cl)c1cc(C)cc(C)c1. The third-order valence-corrected chi connectivity index (χ3v) is 4.08. The second kappa shape index (κ2) is 7.11. The maximum absolute atomic E-state index is 6.40. The van der Waals surface area contributed by atoms with Crippen molar-refractivity contribution >= 4 is 11.6 Å². The van der Waals surface area contributed by atoms with Gasteiger partial charge in [-0.15, -0.1) is 0 Å². The monoisotopic (exact) mass is 301 g/mol. The first kappa shape index (κ1) is 16.1. The van der Waals surface area contributed by atoms with Crippen molar-refractivity contribution in [2.75, 3.05) is 6.54 Å². The number of rotatable bonds is 5. The van der Waals surface area contributed by atoms with Crippen molar-refractivity contribution in [1.82, 2.24) is 5.32 Å². The van der Waals surface area contributed by atoms with Gasteiger partial charge in [-0.3, -0.25) is 0 Å². The normalized spacial score (nSPS) is 12.4. The molecule has 2 rings (SSSR count). The van der Waals surface area contributed by atoms with Crippen molar-refractivity contribution in [2.24, 2.45) is 0 Å². The van der Waals surface area contributed by atoms with E-state index in [4.69, 9.17) is 11.6 Å². The largest absolute Gasteiger partial charge is 0.310 e. The van der Waals surface area contributed by atoms with Gasteiger partial charge in [-0.05, 0) is 56.5 Å². The average molecular weight is 302 g/mol. The van der Waals surface area contributed by atoms with Crippen molar-refractivity contribution < 1.29 is 0 Å². The minimum atomic E-state index is 0.300. The van der Waals surface area contributed by atoms with Gasteiger partial charge < -0.3 is 5.32 Å². The fraction of sp³-hybridized carbons (Fsp3) is 0.368. The molecule has 0 fully saturated rings. The molecule has 1 nitrogen and oxygen atoms in total. The minimum absolute atomic E-state index is 0.300. The molecule has 0 heterocycles. The summed E-state index contributed by atoms with van der Waals surface area (Å²) in [5, 5.41) is 4.45. The Kier molecular flexibility index (Phi) is 5.44. The fourth-order valence-corrected chi connectivity index (χ4v) is 3.12. The zero-order valence-corrected chi connectivity index (χ0v) is 14.1. The van der Waals surface area contributed by atoms with Crippen molar-refractivity contribution in [3.63, 3.8) is 0 Å². The van der Waals surface area contributed by atoms with Crippen LogP contribution in [0.1, 0.15) is 40.8 Å². The van der Waals surface area contributed by atoms with E-state index in [2.05, 4.69) is 63.3 Å². The van der Waals surface area contributed by atoms with Gasteiger partial charge in [-0.1, -0.05) is 60.0 Å². The van der Waals surface area contributed by atoms with Gasteiger partial charge >= 0.3 is 0 Å². The lowest BCUT2D eigenvalue weighted by Gasteiger charge is -2.20. The lowest BCUT2D eigenvalue weighted by atomic mass is 9.95. The second-order valence-electron chi connectivity index (χ2n) is 5.83. The number of hydrogen-bond acceptors (Lipinski definition) is 1. The molecule has 1 atom stereocenters. The van der Waals surface area contributed by atoms with Crippen molar-refractivity contribution in [1.29, 1.82) is 0 Å². The summed E-state index contributed by atoms with van der Waals surface area (Å²) in [5.74, 6) is 0. The minimum Gasteiger partial charge on any atom is -0.310 e. The number of aryl methyl sites for hydroxylation is 3. The number of benzene rings is 2. The molecule has 1 N–H and O–H groups in total. The van der Waals surface area contributed by atoms with E-state index in [1.807, 2.05) is 6.07 Å². The predicted molar refractivity (Wildman–Crippen MR) is 92.2 cm³/mol. The first-order chi connectivity index (χ1) is 9.99. The van der Waals surface area contributed by atoms with Gasteiger partial charge in [0, 0.05) is 11.1 Å². The van der Waals surface area contributed by atoms with Crippen LogP contribution in [-0.2, 0) is 6.42 Å². The Bertz CT molecular complexity index is 599. The summed E-state index contributed by atoms with van der Waals surface area (Å²) in [7, 11) is 0. The van der Waals surface area contributed by atoms with E-state index in [0.717, 1.165) is 18.0 Å². The van der Waals surface area contributed by atoms with E-state index >= 15 is 0 Å². The van der Waals surface area contributed by atoms with Gasteiger partial charge in [0.05, 0.1) is 0 Å². The third kappa shape index (κ3) is 4.33. The Morgan fingerprint density at radius 2 is 1.62 bits per heavy atom. The first-order valence-corrected chi connectivity index (χ1v) is 7.94. The van der Waals surface area contributed by atoms with Crippen LogP contribution in [0.2, 0.25) is 5.02 Å². The summed E-state index contributed by atoms with van der Waals surface area (Å²) < 4.78 is 0. The van der Waals surface area contributed by atoms with E-state index < -0.39 is 0 Å². The van der Waals surface area contributed by atoms with Crippen molar-refractivity contribution in [3.8, 4) is 0 Å². The van der Waals surface area contributed by atoms with Crippen molar-refractivity contribution in [2.45, 2.75) is 40.2 Å². The molecular formula is C19H24ClN. The molecule has 0 aliphatic heterocycles. The Morgan fingerprint density at radius 3 is 2.19 bits per heavy atom. The molecule has 112 valence electrons. The molecule has 0 saturated heterocycles. The lowest BCUT2D eigenvalue weighted by Crippen LogP contribution is -2.23. The maximum Gasteiger partial charge on any atom is 0.0441 e. The quantitative estimate of drug-likeness (QED) is 0.804. The summed E-state index contributed by atoms with van der Waals surface area (Å²) in [4.78, 5) is 0. The molecule has 0 bridgehead atoms. The number of hydrogen-bond donors (Lipinski definition) is 1. The van der Waals surface area contributed by atoms with Gasteiger partial charge in [0.25, 0.3) is 0 Å². The third-order valence-electron chi connectivity index (χ3n) is 3.73. The van der Waals surface area contributed by atoms with Gasteiger partial charge in [0.15, 0.2) is 0 Å². The van der Waals surface area contributed by atoms with Crippen molar-refractivity contribution in [3.05, 3.63) is 69.2 Å². The zero-order valence-electron chi connectivity index (χ0n) is 13.3. The van der Waals surface area contributed by atoms with Crippen LogP contribution >= 0.6 is 11.6 Å². The highest BCUT2D eigenvalue weighted by Gasteiger charge is 2.14. The standard InChI is InChI=1S/C19H24ClN/c1-5-21-19(17-9-14(3)8-15(4)10-17)12-16-7-6-13(2)11-18(16)20/h6-11,19,21H,5,12H2,1-4H3. The van der Waals surface area contributed by atoms with Crippen LogP contribution in [0, 0.1) is 20.8 Å². The summed E-state index contributed by atoms with van der Waals surface area (Å²) in [6.45, 7) is 9.46.